The summed E-state index contributed by atoms with van der Waals surface area (Å²) in [5.41, 5.74) is 4.42. The minimum absolute atomic E-state index is 0.0704. The molecular weight excluding hydrogens is 382 g/mol. The third-order valence-electron chi connectivity index (χ3n) is 5.49. The van der Waals surface area contributed by atoms with Gasteiger partial charge in [-0.3, -0.25) is 4.79 Å². The van der Waals surface area contributed by atoms with Crippen LogP contribution in [0.5, 0.6) is 0 Å². The summed E-state index contributed by atoms with van der Waals surface area (Å²) in [5, 5.41) is 0. The van der Waals surface area contributed by atoms with Crippen molar-refractivity contribution < 1.29 is 13.6 Å². The van der Waals surface area contributed by atoms with Crippen molar-refractivity contribution in [1.29, 1.82) is 0 Å². The average molecular weight is 404 g/mol. The van der Waals surface area contributed by atoms with Crippen molar-refractivity contribution >= 4 is 17.2 Å². The molecule has 0 N–H and O–H groups in total. The molecular formula is C25H22F2N2O. The number of hydrogen-bond donors (Lipinski definition) is 0. The Kier molecular flexibility index (Phi) is 5.70. The van der Waals surface area contributed by atoms with Crippen LogP contribution in [0.25, 0.3) is 5.57 Å². The molecule has 3 nitrogen and oxygen atoms in total. The molecule has 2 heterocycles. The van der Waals surface area contributed by atoms with Gasteiger partial charge in [-0.2, -0.15) is 0 Å². The summed E-state index contributed by atoms with van der Waals surface area (Å²) in [4.78, 5) is 19.1. The fraction of sp³-hybridized carbons (Fsp3) is 0.200. The molecule has 1 aliphatic heterocycles. The number of carbonyl (C=O) groups excluding carboxylic acids is 1. The van der Waals surface area contributed by atoms with Crippen LogP contribution in [0.2, 0.25) is 0 Å². The number of hydrogen-bond acceptors (Lipinski definition) is 3. The molecule has 0 aliphatic carbocycles. The summed E-state index contributed by atoms with van der Waals surface area (Å²) >= 11 is 0. The number of nitrogens with zero attached hydrogens (tertiary/aromatic N) is 2. The standard InChI is InChI=1S/C25H22F2N2O/c1-17-11-13-29(25-4-2-3-12-28-25)16-22(17)19-7-5-18(6-8-19)14-24(30)21-10-9-20(26)15-23(21)27/h2-10,12,15H,11,13-14,16H2,1H3. The first-order chi connectivity index (χ1) is 14.5. The molecule has 4 rings (SSSR count). The molecule has 0 spiro atoms. The number of benzene rings is 2. The number of carbonyl (C=O) groups is 1. The van der Waals surface area contributed by atoms with Gasteiger partial charge in [0.25, 0.3) is 0 Å². The Morgan fingerprint density at radius 3 is 2.57 bits per heavy atom. The Morgan fingerprint density at radius 1 is 1.07 bits per heavy atom. The van der Waals surface area contributed by atoms with E-state index in [4.69, 9.17) is 0 Å². The van der Waals surface area contributed by atoms with Crippen molar-refractivity contribution in [1.82, 2.24) is 4.98 Å². The number of aromatic nitrogens is 1. The van der Waals surface area contributed by atoms with Gasteiger partial charge >= 0.3 is 0 Å². The van der Waals surface area contributed by atoms with Crippen LogP contribution in [-0.4, -0.2) is 23.9 Å². The molecule has 1 aliphatic rings. The van der Waals surface area contributed by atoms with E-state index < -0.39 is 11.6 Å². The topological polar surface area (TPSA) is 33.2 Å². The van der Waals surface area contributed by atoms with Gasteiger partial charge in [-0.05, 0) is 54.3 Å². The van der Waals surface area contributed by atoms with E-state index in [1.54, 1.807) is 6.20 Å². The molecule has 30 heavy (non-hydrogen) atoms. The first-order valence-corrected chi connectivity index (χ1v) is 9.93. The second-order valence-electron chi connectivity index (χ2n) is 7.54. The van der Waals surface area contributed by atoms with Gasteiger partial charge < -0.3 is 4.90 Å². The van der Waals surface area contributed by atoms with Crippen molar-refractivity contribution in [3.05, 3.63) is 101 Å². The minimum Gasteiger partial charge on any atom is -0.352 e. The summed E-state index contributed by atoms with van der Waals surface area (Å²) in [5.74, 6) is -0.917. The maximum atomic E-state index is 13.9. The van der Waals surface area contributed by atoms with Crippen molar-refractivity contribution in [2.24, 2.45) is 0 Å². The largest absolute Gasteiger partial charge is 0.352 e. The van der Waals surface area contributed by atoms with E-state index in [9.17, 15) is 13.6 Å². The second-order valence-corrected chi connectivity index (χ2v) is 7.54. The Morgan fingerprint density at radius 2 is 1.87 bits per heavy atom. The van der Waals surface area contributed by atoms with Crippen LogP contribution in [0.1, 0.15) is 34.8 Å². The maximum Gasteiger partial charge on any atom is 0.170 e. The highest BCUT2D eigenvalue weighted by molar-refractivity contribution is 5.97. The van der Waals surface area contributed by atoms with Gasteiger partial charge in [0.05, 0.1) is 5.56 Å². The molecule has 0 atom stereocenters. The van der Waals surface area contributed by atoms with Crippen molar-refractivity contribution in [3.8, 4) is 0 Å². The number of pyridine rings is 1. The molecule has 0 unspecified atom stereocenters. The first-order valence-electron chi connectivity index (χ1n) is 9.93. The monoisotopic (exact) mass is 404 g/mol. The molecule has 152 valence electrons. The van der Waals surface area contributed by atoms with Crippen molar-refractivity contribution in [3.63, 3.8) is 0 Å². The van der Waals surface area contributed by atoms with Gasteiger partial charge in [0.1, 0.15) is 17.5 Å². The Bertz CT molecular complexity index is 1090. The fourth-order valence-corrected chi connectivity index (χ4v) is 3.75. The third-order valence-corrected chi connectivity index (χ3v) is 5.49. The lowest BCUT2D eigenvalue weighted by molar-refractivity contribution is 0.0989. The van der Waals surface area contributed by atoms with Crippen LogP contribution >= 0.6 is 0 Å². The number of Topliss-reactive ketones (excluding diaryl/α,β-unsaturated/α-hetero) is 1. The molecule has 5 heteroatoms. The van der Waals surface area contributed by atoms with Gasteiger partial charge in [-0.15, -0.1) is 0 Å². The molecule has 0 amide bonds. The normalized spacial score (nSPS) is 14.2. The van der Waals surface area contributed by atoms with E-state index in [-0.39, 0.29) is 17.8 Å². The van der Waals surface area contributed by atoms with E-state index >= 15 is 0 Å². The smallest absolute Gasteiger partial charge is 0.170 e. The summed E-state index contributed by atoms with van der Waals surface area (Å²) < 4.78 is 26.9. The average Bonchev–Trinajstić information content (AvgIpc) is 2.75. The van der Waals surface area contributed by atoms with Gasteiger partial charge in [0.2, 0.25) is 0 Å². The summed E-state index contributed by atoms with van der Waals surface area (Å²) in [7, 11) is 0. The molecule has 1 aromatic heterocycles. The van der Waals surface area contributed by atoms with Crippen LogP contribution in [0.3, 0.4) is 0 Å². The predicted molar refractivity (Wildman–Crippen MR) is 114 cm³/mol. The van der Waals surface area contributed by atoms with E-state index in [0.717, 1.165) is 48.6 Å². The molecule has 0 bridgehead atoms. The van der Waals surface area contributed by atoms with Crippen LogP contribution in [0.15, 0.2) is 72.4 Å². The Hall–Kier alpha value is -3.34. The van der Waals surface area contributed by atoms with Crippen molar-refractivity contribution in [2.75, 3.05) is 18.0 Å². The summed E-state index contributed by atoms with van der Waals surface area (Å²) in [6.07, 6.45) is 2.84. The first kappa shape index (κ1) is 20.0. The summed E-state index contributed by atoms with van der Waals surface area (Å²) in [6, 6.07) is 16.8. The molecule has 2 aromatic carbocycles. The van der Waals surface area contributed by atoms with Gasteiger partial charge in [-0.25, -0.2) is 13.8 Å². The van der Waals surface area contributed by atoms with Gasteiger partial charge in [0, 0.05) is 31.8 Å². The van der Waals surface area contributed by atoms with Crippen LogP contribution in [0, 0.1) is 11.6 Å². The molecule has 0 saturated carbocycles. The quantitative estimate of drug-likeness (QED) is 0.529. The fourth-order valence-electron chi connectivity index (χ4n) is 3.75. The highest BCUT2D eigenvalue weighted by atomic mass is 19.1. The highest BCUT2D eigenvalue weighted by Crippen LogP contribution is 2.29. The minimum atomic E-state index is -0.825. The zero-order valence-electron chi connectivity index (χ0n) is 16.7. The zero-order chi connectivity index (χ0) is 21.1. The number of halogens is 2. The van der Waals surface area contributed by atoms with E-state index in [2.05, 4.69) is 16.8 Å². The SMILES string of the molecule is CC1=C(c2ccc(CC(=O)c3ccc(F)cc3F)cc2)CN(c2ccccn2)CC1. The lowest BCUT2D eigenvalue weighted by Crippen LogP contribution is -2.31. The zero-order valence-corrected chi connectivity index (χ0v) is 16.7. The molecule has 0 saturated heterocycles. The number of ketones is 1. The third kappa shape index (κ3) is 4.30. The van der Waals surface area contributed by atoms with Crippen LogP contribution in [0.4, 0.5) is 14.6 Å². The molecule has 3 aromatic rings. The Labute approximate surface area is 174 Å². The van der Waals surface area contributed by atoms with E-state index in [0.29, 0.717) is 0 Å². The number of rotatable bonds is 5. The van der Waals surface area contributed by atoms with Crippen LogP contribution in [-0.2, 0) is 6.42 Å². The van der Waals surface area contributed by atoms with Crippen molar-refractivity contribution in [2.45, 2.75) is 19.8 Å². The summed E-state index contributed by atoms with van der Waals surface area (Å²) in [6.45, 7) is 3.87. The number of anilines is 1. The maximum absolute atomic E-state index is 13.9. The van der Waals surface area contributed by atoms with E-state index in [1.807, 2.05) is 42.5 Å². The molecule has 0 fully saturated rings. The lowest BCUT2D eigenvalue weighted by Gasteiger charge is -2.31. The van der Waals surface area contributed by atoms with E-state index in [1.165, 1.54) is 17.2 Å². The predicted octanol–water partition coefficient (Wildman–Crippen LogP) is 5.47. The van der Waals surface area contributed by atoms with Gasteiger partial charge in [-0.1, -0.05) is 35.9 Å². The second kappa shape index (κ2) is 8.57. The molecule has 0 radical (unpaired) electrons. The van der Waals surface area contributed by atoms with Gasteiger partial charge in [0.15, 0.2) is 5.78 Å². The highest BCUT2D eigenvalue weighted by Gasteiger charge is 2.19. The lowest BCUT2D eigenvalue weighted by atomic mass is 9.93. The van der Waals surface area contributed by atoms with Crippen LogP contribution < -0.4 is 4.90 Å². The Balaban J connectivity index is 1.49.